The van der Waals surface area contributed by atoms with E-state index < -0.39 is 12.1 Å². The lowest BCUT2D eigenvalue weighted by Crippen LogP contribution is -2.40. The van der Waals surface area contributed by atoms with Crippen LogP contribution in [0, 0.1) is 0 Å². The van der Waals surface area contributed by atoms with Crippen molar-refractivity contribution in [3.05, 3.63) is 35.9 Å². The van der Waals surface area contributed by atoms with Crippen LogP contribution in [-0.2, 0) is 16.1 Å². The summed E-state index contributed by atoms with van der Waals surface area (Å²) in [5.74, 6) is -0.919. The molecule has 1 amide bonds. The van der Waals surface area contributed by atoms with E-state index in [0.29, 0.717) is 0 Å². The Morgan fingerprint density at radius 2 is 2.00 bits per heavy atom. The van der Waals surface area contributed by atoms with Crippen molar-refractivity contribution in [1.29, 1.82) is 0 Å². The molecule has 0 aliphatic rings. The molecule has 0 radical (unpaired) electrons. The van der Waals surface area contributed by atoms with Crippen LogP contribution in [0.3, 0.4) is 0 Å². The van der Waals surface area contributed by atoms with E-state index in [0.717, 1.165) is 5.56 Å². The molecule has 0 aliphatic carbocycles. The van der Waals surface area contributed by atoms with Crippen molar-refractivity contribution in [3.63, 3.8) is 0 Å². The highest BCUT2D eigenvalue weighted by Gasteiger charge is 2.13. The van der Waals surface area contributed by atoms with Crippen LogP contribution in [0.5, 0.6) is 0 Å². The zero-order chi connectivity index (χ0) is 14.1. The van der Waals surface area contributed by atoms with Gasteiger partial charge in [0, 0.05) is 19.0 Å². The predicted molar refractivity (Wildman–Crippen MR) is 69.5 cm³/mol. The molecule has 0 bridgehead atoms. The van der Waals surface area contributed by atoms with Gasteiger partial charge in [-0.2, -0.15) is 0 Å². The van der Waals surface area contributed by atoms with Crippen molar-refractivity contribution in [2.75, 3.05) is 6.54 Å². The third kappa shape index (κ3) is 6.42. The first-order chi connectivity index (χ1) is 9.11. The number of hydrogen-bond acceptors (Lipinski definition) is 4. The fourth-order valence-electron chi connectivity index (χ4n) is 1.48. The number of amides is 1. The normalized spacial score (nSPS) is 11.6. The summed E-state index contributed by atoms with van der Waals surface area (Å²) in [6.45, 7) is 0.344. The van der Waals surface area contributed by atoms with Gasteiger partial charge in [-0.05, 0) is 12.0 Å². The maximum Gasteiger partial charge on any atom is 0.407 e. The van der Waals surface area contributed by atoms with Gasteiger partial charge in [0.05, 0.1) is 0 Å². The number of carbonyl (C=O) groups is 2. The van der Waals surface area contributed by atoms with Gasteiger partial charge in [-0.1, -0.05) is 30.3 Å². The lowest BCUT2D eigenvalue weighted by molar-refractivity contribution is -0.137. The fraction of sp³-hybridized carbons (Fsp3) is 0.385. The largest absolute Gasteiger partial charge is 0.481 e. The van der Waals surface area contributed by atoms with Crippen LogP contribution in [0.25, 0.3) is 0 Å². The standard InChI is InChI=1S/C13H18N2O4/c14-8-11(6-7-12(16)17)15-13(18)19-9-10-4-2-1-3-5-10/h1-5,11H,6-9,14H2,(H,15,18)(H,16,17). The first-order valence-corrected chi connectivity index (χ1v) is 6.01. The van der Waals surface area contributed by atoms with Crippen molar-refractivity contribution < 1.29 is 19.4 Å². The number of nitrogens with two attached hydrogens (primary N) is 1. The quantitative estimate of drug-likeness (QED) is 0.686. The Kier molecular flexibility index (Phi) is 6.38. The van der Waals surface area contributed by atoms with Gasteiger partial charge in [-0.15, -0.1) is 0 Å². The molecule has 104 valence electrons. The van der Waals surface area contributed by atoms with Crippen LogP contribution in [-0.4, -0.2) is 29.8 Å². The van der Waals surface area contributed by atoms with E-state index in [-0.39, 0.29) is 32.0 Å². The molecule has 1 rings (SSSR count). The lowest BCUT2D eigenvalue weighted by atomic mass is 10.1. The first kappa shape index (κ1) is 15.0. The number of alkyl carbamates (subject to hydrolysis) is 1. The summed E-state index contributed by atoms with van der Waals surface area (Å²) in [5.41, 5.74) is 6.33. The third-order valence-corrected chi connectivity index (χ3v) is 2.53. The minimum absolute atomic E-state index is 0.0408. The van der Waals surface area contributed by atoms with Gasteiger partial charge in [-0.3, -0.25) is 4.79 Å². The number of ether oxygens (including phenoxy) is 1. The summed E-state index contributed by atoms with van der Waals surface area (Å²) in [6.07, 6.45) is -0.350. The number of carboxylic acids is 1. The summed E-state index contributed by atoms with van der Waals surface area (Å²) >= 11 is 0. The first-order valence-electron chi connectivity index (χ1n) is 6.01. The second kappa shape index (κ2) is 8.10. The zero-order valence-corrected chi connectivity index (χ0v) is 10.5. The molecule has 0 aliphatic heterocycles. The average Bonchev–Trinajstić information content (AvgIpc) is 2.42. The third-order valence-electron chi connectivity index (χ3n) is 2.53. The SMILES string of the molecule is NCC(CCC(=O)O)NC(=O)OCc1ccccc1. The Morgan fingerprint density at radius 1 is 1.32 bits per heavy atom. The van der Waals surface area contributed by atoms with Crippen LogP contribution in [0.1, 0.15) is 18.4 Å². The summed E-state index contributed by atoms with van der Waals surface area (Å²) in [4.78, 5) is 21.9. The van der Waals surface area contributed by atoms with Crippen molar-refractivity contribution >= 4 is 12.1 Å². The molecule has 4 N–H and O–H groups in total. The Bertz CT molecular complexity index is 408. The second-order valence-electron chi connectivity index (χ2n) is 4.07. The van der Waals surface area contributed by atoms with Gasteiger partial charge in [-0.25, -0.2) is 4.79 Å². The van der Waals surface area contributed by atoms with Crippen LogP contribution < -0.4 is 11.1 Å². The van der Waals surface area contributed by atoms with E-state index >= 15 is 0 Å². The molecule has 6 heteroatoms. The van der Waals surface area contributed by atoms with Gasteiger partial charge in [0.15, 0.2) is 0 Å². The van der Waals surface area contributed by atoms with Gasteiger partial charge >= 0.3 is 12.1 Å². The summed E-state index contributed by atoms with van der Waals surface area (Å²) < 4.78 is 5.01. The van der Waals surface area contributed by atoms with Gasteiger partial charge in [0.1, 0.15) is 6.61 Å². The molecule has 1 aromatic rings. The monoisotopic (exact) mass is 266 g/mol. The lowest BCUT2D eigenvalue weighted by Gasteiger charge is -2.15. The Hall–Kier alpha value is -2.08. The molecule has 0 spiro atoms. The Morgan fingerprint density at radius 3 is 2.58 bits per heavy atom. The van der Waals surface area contributed by atoms with E-state index in [1.165, 1.54) is 0 Å². The Balaban J connectivity index is 2.30. The van der Waals surface area contributed by atoms with E-state index in [1.54, 1.807) is 0 Å². The maximum atomic E-state index is 11.5. The molecule has 0 aromatic heterocycles. The molecule has 0 saturated carbocycles. The topological polar surface area (TPSA) is 102 Å². The van der Waals surface area contributed by atoms with Crippen LogP contribution in [0.4, 0.5) is 4.79 Å². The van der Waals surface area contributed by atoms with Crippen molar-refractivity contribution in [1.82, 2.24) is 5.32 Å². The molecule has 1 atom stereocenters. The molecular formula is C13H18N2O4. The van der Waals surface area contributed by atoms with Crippen LogP contribution in [0.2, 0.25) is 0 Å². The smallest absolute Gasteiger partial charge is 0.407 e. The maximum absolute atomic E-state index is 11.5. The predicted octanol–water partition coefficient (Wildman–Crippen LogP) is 1.10. The molecular weight excluding hydrogens is 248 g/mol. The Labute approximate surface area is 111 Å². The summed E-state index contributed by atoms with van der Waals surface area (Å²) in [5, 5.41) is 11.1. The number of benzene rings is 1. The number of aliphatic carboxylic acids is 1. The number of hydrogen-bond donors (Lipinski definition) is 3. The van der Waals surface area contributed by atoms with Gasteiger partial charge in [0.2, 0.25) is 0 Å². The minimum Gasteiger partial charge on any atom is -0.481 e. The summed E-state index contributed by atoms with van der Waals surface area (Å²) in [7, 11) is 0. The average molecular weight is 266 g/mol. The highest BCUT2D eigenvalue weighted by Crippen LogP contribution is 2.02. The zero-order valence-electron chi connectivity index (χ0n) is 10.5. The van der Waals surface area contributed by atoms with Gasteiger partial charge < -0.3 is 20.9 Å². The van der Waals surface area contributed by atoms with Crippen molar-refractivity contribution in [2.24, 2.45) is 5.73 Å². The molecule has 1 aromatic carbocycles. The highest BCUT2D eigenvalue weighted by atomic mass is 16.5. The van der Waals surface area contributed by atoms with Crippen LogP contribution >= 0.6 is 0 Å². The highest BCUT2D eigenvalue weighted by molar-refractivity contribution is 5.68. The minimum atomic E-state index is -0.919. The molecule has 1 unspecified atom stereocenters. The molecule has 6 nitrogen and oxygen atoms in total. The van der Waals surface area contributed by atoms with E-state index in [9.17, 15) is 9.59 Å². The van der Waals surface area contributed by atoms with Crippen molar-refractivity contribution in [3.8, 4) is 0 Å². The number of nitrogens with one attached hydrogen (secondary N) is 1. The molecule has 0 saturated heterocycles. The fourth-order valence-corrected chi connectivity index (χ4v) is 1.48. The number of carbonyl (C=O) groups excluding carboxylic acids is 1. The molecule has 0 fully saturated rings. The van der Waals surface area contributed by atoms with E-state index in [4.69, 9.17) is 15.6 Å². The van der Waals surface area contributed by atoms with E-state index in [1.807, 2.05) is 30.3 Å². The van der Waals surface area contributed by atoms with E-state index in [2.05, 4.69) is 5.32 Å². The number of rotatable bonds is 7. The van der Waals surface area contributed by atoms with Crippen molar-refractivity contribution in [2.45, 2.75) is 25.5 Å². The van der Waals surface area contributed by atoms with Gasteiger partial charge in [0.25, 0.3) is 0 Å². The second-order valence-corrected chi connectivity index (χ2v) is 4.07. The van der Waals surface area contributed by atoms with Crippen LogP contribution in [0.15, 0.2) is 30.3 Å². The molecule has 19 heavy (non-hydrogen) atoms. The summed E-state index contributed by atoms with van der Waals surface area (Å²) in [6, 6.07) is 8.88. The number of carboxylic acid groups (broad SMARTS) is 1. The molecule has 0 heterocycles.